The second kappa shape index (κ2) is 16.5. The van der Waals surface area contributed by atoms with E-state index in [0.29, 0.717) is 0 Å². The minimum absolute atomic E-state index is 0.0558. The maximum absolute atomic E-state index is 14.4. The van der Waals surface area contributed by atoms with Crippen molar-refractivity contribution >= 4 is 35.4 Å². The van der Waals surface area contributed by atoms with E-state index in [9.17, 15) is 28.8 Å². The highest BCUT2D eigenvalue weighted by molar-refractivity contribution is 5.96. The normalized spacial score (nSPS) is 15.7. The molecule has 0 bridgehead atoms. The molecular weight excluding hydrogens is 624 g/mol. The number of nitrogens with zero attached hydrogens (tertiary/aromatic N) is 1. The average molecular weight is 669 g/mol. The molecule has 258 valence electrons. The van der Waals surface area contributed by atoms with E-state index < -0.39 is 59.6 Å². The summed E-state index contributed by atoms with van der Waals surface area (Å²) in [5.41, 5.74) is 15.6. The van der Waals surface area contributed by atoms with Gasteiger partial charge in [0.1, 0.15) is 24.2 Å². The van der Waals surface area contributed by atoms with Gasteiger partial charge in [-0.05, 0) is 40.2 Å². The second-order valence-corrected chi connectivity index (χ2v) is 12.7. The van der Waals surface area contributed by atoms with Crippen LogP contribution in [0.4, 0.5) is 0 Å². The van der Waals surface area contributed by atoms with Crippen LogP contribution in [-0.2, 0) is 48.2 Å². The number of rotatable bonds is 14. The van der Waals surface area contributed by atoms with Crippen LogP contribution in [0.25, 0.3) is 11.1 Å². The van der Waals surface area contributed by atoms with E-state index in [1.807, 2.05) is 78.9 Å². The third-order valence-corrected chi connectivity index (χ3v) is 8.60. The van der Waals surface area contributed by atoms with Crippen LogP contribution in [0.2, 0.25) is 0 Å². The number of primary amides is 2. The Hall–Kier alpha value is -5.52. The SMILES string of the molecule is CC(=O)N[C@H](C(=O)N[C@@H](CCC(N)=O)C(=O)N[C@H](Cc1ccc(-c2ccccc2)cc1)C(=O)N1Cc2ccccc2C[C@H]1C(N)=O)C(C)C. The molecule has 7 N–H and O–H groups in total. The fourth-order valence-electron chi connectivity index (χ4n) is 5.95. The Morgan fingerprint density at radius 3 is 1.94 bits per heavy atom. The molecule has 1 heterocycles. The highest BCUT2D eigenvalue weighted by atomic mass is 16.2. The molecular formula is C37H44N6O6. The predicted molar refractivity (Wildman–Crippen MR) is 184 cm³/mol. The van der Waals surface area contributed by atoms with E-state index >= 15 is 0 Å². The van der Waals surface area contributed by atoms with Crippen LogP contribution >= 0.6 is 0 Å². The van der Waals surface area contributed by atoms with Crippen molar-refractivity contribution in [2.75, 3.05) is 0 Å². The first-order chi connectivity index (χ1) is 23.3. The highest BCUT2D eigenvalue weighted by Gasteiger charge is 2.38. The zero-order valence-corrected chi connectivity index (χ0v) is 28.0. The lowest BCUT2D eigenvalue weighted by Crippen LogP contribution is -2.60. The number of nitrogens with two attached hydrogens (primary N) is 2. The van der Waals surface area contributed by atoms with E-state index in [1.54, 1.807) is 13.8 Å². The van der Waals surface area contributed by atoms with Crippen LogP contribution in [0, 0.1) is 5.92 Å². The van der Waals surface area contributed by atoms with Crippen LogP contribution < -0.4 is 27.4 Å². The van der Waals surface area contributed by atoms with Gasteiger partial charge < -0.3 is 32.3 Å². The molecule has 3 aromatic rings. The molecule has 0 aromatic heterocycles. The number of nitrogens with one attached hydrogen (secondary N) is 3. The molecule has 0 aliphatic carbocycles. The lowest BCUT2D eigenvalue weighted by atomic mass is 9.92. The molecule has 6 amide bonds. The number of carbonyl (C=O) groups excluding carboxylic acids is 6. The lowest BCUT2D eigenvalue weighted by Gasteiger charge is -2.37. The summed E-state index contributed by atoms with van der Waals surface area (Å²) in [6, 6.07) is 20.4. The van der Waals surface area contributed by atoms with Gasteiger partial charge >= 0.3 is 0 Å². The van der Waals surface area contributed by atoms with Gasteiger partial charge in [-0.1, -0.05) is 92.7 Å². The van der Waals surface area contributed by atoms with Crippen LogP contribution in [0.1, 0.15) is 50.3 Å². The molecule has 3 aromatic carbocycles. The fraction of sp³-hybridized carbons (Fsp3) is 0.351. The monoisotopic (exact) mass is 668 g/mol. The molecule has 12 heteroatoms. The van der Waals surface area contributed by atoms with Crippen molar-refractivity contribution in [2.45, 2.75) is 77.2 Å². The predicted octanol–water partition coefficient (Wildman–Crippen LogP) is 1.73. The van der Waals surface area contributed by atoms with Gasteiger partial charge in [-0.25, -0.2) is 0 Å². The zero-order chi connectivity index (χ0) is 35.7. The van der Waals surface area contributed by atoms with Gasteiger partial charge in [-0.2, -0.15) is 0 Å². The molecule has 4 atom stereocenters. The van der Waals surface area contributed by atoms with Crippen molar-refractivity contribution in [3.05, 3.63) is 95.6 Å². The molecule has 4 rings (SSSR count). The van der Waals surface area contributed by atoms with Crippen molar-refractivity contribution in [3.8, 4) is 11.1 Å². The minimum atomic E-state index is -1.26. The molecule has 0 spiro atoms. The van der Waals surface area contributed by atoms with E-state index in [0.717, 1.165) is 27.8 Å². The van der Waals surface area contributed by atoms with Crippen molar-refractivity contribution < 1.29 is 28.8 Å². The Morgan fingerprint density at radius 2 is 1.35 bits per heavy atom. The zero-order valence-electron chi connectivity index (χ0n) is 28.0. The van der Waals surface area contributed by atoms with Gasteiger partial charge in [0, 0.05) is 32.7 Å². The summed E-state index contributed by atoms with van der Waals surface area (Å²) in [6.07, 6.45) is -0.0937. The standard InChI is InChI=1S/C37H44N6O6/c1-22(2)33(40-23(3)44)36(48)41-29(17-18-32(38)45)35(47)42-30(19-24-13-15-26(16-14-24)25-9-5-4-6-10-25)37(49)43-21-28-12-8-7-11-27(28)20-31(43)34(39)46/h4-16,22,29-31,33H,17-21H2,1-3H3,(H2,38,45)(H2,39,46)(H,40,44)(H,41,48)(H,42,47)/t29-,30+,31-,33-/m0/s1. The number of fused-ring (bicyclic) bond motifs is 1. The Bertz CT molecular complexity index is 1680. The molecule has 0 saturated carbocycles. The summed E-state index contributed by atoms with van der Waals surface area (Å²) in [7, 11) is 0. The maximum atomic E-state index is 14.4. The number of amides is 6. The van der Waals surface area contributed by atoms with Gasteiger partial charge in [0.25, 0.3) is 0 Å². The average Bonchev–Trinajstić information content (AvgIpc) is 3.08. The smallest absolute Gasteiger partial charge is 0.246 e. The number of hydrogen-bond donors (Lipinski definition) is 5. The van der Waals surface area contributed by atoms with E-state index in [1.165, 1.54) is 11.8 Å². The molecule has 1 aliphatic rings. The Labute approximate surface area is 286 Å². The van der Waals surface area contributed by atoms with Crippen molar-refractivity contribution in [2.24, 2.45) is 17.4 Å². The van der Waals surface area contributed by atoms with Crippen molar-refractivity contribution in [1.82, 2.24) is 20.9 Å². The van der Waals surface area contributed by atoms with Crippen LogP contribution in [0.3, 0.4) is 0 Å². The summed E-state index contributed by atoms with van der Waals surface area (Å²) >= 11 is 0. The van der Waals surface area contributed by atoms with Crippen LogP contribution in [0.5, 0.6) is 0 Å². The molecule has 0 radical (unpaired) electrons. The van der Waals surface area contributed by atoms with Gasteiger partial charge in [-0.15, -0.1) is 0 Å². The van der Waals surface area contributed by atoms with Gasteiger partial charge in [0.15, 0.2) is 0 Å². The highest BCUT2D eigenvalue weighted by Crippen LogP contribution is 2.25. The molecule has 0 fully saturated rings. The number of hydrogen-bond acceptors (Lipinski definition) is 6. The summed E-state index contributed by atoms with van der Waals surface area (Å²) < 4.78 is 0. The van der Waals surface area contributed by atoms with E-state index in [2.05, 4.69) is 16.0 Å². The topological polar surface area (TPSA) is 194 Å². The van der Waals surface area contributed by atoms with Crippen LogP contribution in [0.15, 0.2) is 78.9 Å². The summed E-state index contributed by atoms with van der Waals surface area (Å²) in [6.45, 7) is 4.86. The first kappa shape index (κ1) is 36.3. The van der Waals surface area contributed by atoms with Gasteiger partial charge in [-0.3, -0.25) is 28.8 Å². The maximum Gasteiger partial charge on any atom is 0.246 e. The van der Waals surface area contributed by atoms with Gasteiger partial charge in [0.2, 0.25) is 35.4 Å². The largest absolute Gasteiger partial charge is 0.370 e. The third kappa shape index (κ3) is 9.75. The first-order valence-electron chi connectivity index (χ1n) is 16.3. The van der Waals surface area contributed by atoms with Crippen molar-refractivity contribution in [1.29, 1.82) is 0 Å². The minimum Gasteiger partial charge on any atom is -0.370 e. The Morgan fingerprint density at radius 1 is 0.755 bits per heavy atom. The van der Waals surface area contributed by atoms with Gasteiger partial charge in [0.05, 0.1) is 0 Å². The molecule has 0 saturated heterocycles. The third-order valence-electron chi connectivity index (χ3n) is 8.60. The summed E-state index contributed by atoms with van der Waals surface area (Å²) in [5, 5.41) is 8.02. The first-order valence-corrected chi connectivity index (χ1v) is 16.3. The fourth-order valence-corrected chi connectivity index (χ4v) is 5.95. The molecule has 12 nitrogen and oxygen atoms in total. The Balaban J connectivity index is 1.65. The number of carbonyl (C=O) groups is 6. The number of benzene rings is 3. The second-order valence-electron chi connectivity index (χ2n) is 12.7. The molecule has 0 unspecified atom stereocenters. The van der Waals surface area contributed by atoms with Crippen molar-refractivity contribution in [3.63, 3.8) is 0 Å². The summed E-state index contributed by atoms with van der Waals surface area (Å²) in [4.78, 5) is 79.1. The lowest BCUT2D eigenvalue weighted by molar-refractivity contribution is -0.144. The Kier molecular flexibility index (Phi) is 12.3. The summed E-state index contributed by atoms with van der Waals surface area (Å²) in [5.74, 6) is -3.99. The van der Waals surface area contributed by atoms with E-state index in [-0.39, 0.29) is 38.1 Å². The quantitative estimate of drug-likeness (QED) is 0.174. The van der Waals surface area contributed by atoms with E-state index in [4.69, 9.17) is 11.5 Å². The molecule has 1 aliphatic heterocycles. The van der Waals surface area contributed by atoms with Crippen LogP contribution in [-0.4, -0.2) is 64.5 Å². The molecule has 49 heavy (non-hydrogen) atoms.